The van der Waals surface area contributed by atoms with E-state index in [1.165, 1.54) is 17.4 Å². The predicted octanol–water partition coefficient (Wildman–Crippen LogP) is 1.34. The molecule has 0 unspecified atom stereocenters. The van der Waals surface area contributed by atoms with Gasteiger partial charge in [0.05, 0.1) is 4.90 Å². The normalized spacial score (nSPS) is 15.6. The van der Waals surface area contributed by atoms with Crippen LogP contribution in [0.3, 0.4) is 0 Å². The molecule has 0 radical (unpaired) electrons. The average molecular weight is 297 g/mol. The third-order valence-electron chi connectivity index (χ3n) is 3.49. The molecule has 0 aliphatic heterocycles. The highest BCUT2D eigenvalue weighted by Gasteiger charge is 2.32. The minimum absolute atomic E-state index is 0.00343. The van der Waals surface area contributed by atoms with Gasteiger partial charge >= 0.3 is 0 Å². The van der Waals surface area contributed by atoms with Crippen LogP contribution in [0.15, 0.2) is 23.1 Å². The quantitative estimate of drug-likeness (QED) is 0.857. The Balaban J connectivity index is 2.45. The molecule has 6 heteroatoms. The van der Waals surface area contributed by atoms with Crippen LogP contribution >= 0.6 is 0 Å². The SMILES string of the molecule is CN(C1CCC1)S(=O)(=O)c1ccc(F)cc1C#CCO. The summed E-state index contributed by atoms with van der Waals surface area (Å²) in [4.78, 5) is -0.0192. The van der Waals surface area contributed by atoms with Crippen molar-refractivity contribution in [2.24, 2.45) is 0 Å². The van der Waals surface area contributed by atoms with Gasteiger partial charge in [-0.1, -0.05) is 18.3 Å². The standard InChI is InChI=1S/C14H16FNO3S/c1-16(13-5-2-6-13)20(18,19)14-8-7-12(15)10-11(14)4-3-9-17/h7-8,10,13,17H,2,5-6,9H2,1H3. The summed E-state index contributed by atoms with van der Waals surface area (Å²) < 4.78 is 39.7. The third-order valence-corrected chi connectivity index (χ3v) is 5.46. The molecule has 1 N–H and O–H groups in total. The Labute approximate surface area is 118 Å². The zero-order valence-electron chi connectivity index (χ0n) is 11.1. The lowest BCUT2D eigenvalue weighted by atomic mass is 9.94. The van der Waals surface area contributed by atoms with Gasteiger partial charge in [-0.3, -0.25) is 0 Å². The van der Waals surface area contributed by atoms with Crippen LogP contribution in [-0.4, -0.2) is 37.5 Å². The topological polar surface area (TPSA) is 57.6 Å². The van der Waals surface area contributed by atoms with E-state index in [4.69, 9.17) is 5.11 Å². The lowest BCUT2D eigenvalue weighted by Crippen LogP contribution is -2.41. The second-order valence-electron chi connectivity index (χ2n) is 4.71. The monoisotopic (exact) mass is 297 g/mol. The average Bonchev–Trinajstić information content (AvgIpc) is 2.34. The number of hydrogen-bond acceptors (Lipinski definition) is 3. The maximum atomic E-state index is 13.3. The minimum Gasteiger partial charge on any atom is -0.384 e. The molecule has 1 aliphatic carbocycles. The van der Waals surface area contributed by atoms with Crippen LogP contribution in [0.4, 0.5) is 4.39 Å². The molecule has 108 valence electrons. The zero-order chi connectivity index (χ0) is 14.8. The van der Waals surface area contributed by atoms with E-state index in [2.05, 4.69) is 11.8 Å². The van der Waals surface area contributed by atoms with Gasteiger partial charge in [-0.05, 0) is 31.0 Å². The van der Waals surface area contributed by atoms with Gasteiger partial charge in [0.15, 0.2) is 0 Å². The first-order valence-electron chi connectivity index (χ1n) is 6.34. The van der Waals surface area contributed by atoms with Gasteiger partial charge in [0.1, 0.15) is 12.4 Å². The maximum absolute atomic E-state index is 13.3. The minimum atomic E-state index is -3.69. The largest absolute Gasteiger partial charge is 0.384 e. The van der Waals surface area contributed by atoms with Crippen molar-refractivity contribution in [1.82, 2.24) is 4.31 Å². The molecule has 1 aliphatic rings. The first-order valence-corrected chi connectivity index (χ1v) is 7.78. The van der Waals surface area contributed by atoms with E-state index < -0.39 is 22.4 Å². The van der Waals surface area contributed by atoms with Crippen molar-refractivity contribution >= 4 is 10.0 Å². The fourth-order valence-corrected chi connectivity index (χ4v) is 3.60. The maximum Gasteiger partial charge on any atom is 0.244 e. The van der Waals surface area contributed by atoms with E-state index in [1.807, 2.05) is 0 Å². The summed E-state index contributed by atoms with van der Waals surface area (Å²) in [7, 11) is -2.16. The van der Waals surface area contributed by atoms with Crippen molar-refractivity contribution in [3.05, 3.63) is 29.6 Å². The summed E-state index contributed by atoms with van der Waals surface area (Å²) >= 11 is 0. The van der Waals surface area contributed by atoms with Crippen molar-refractivity contribution in [1.29, 1.82) is 0 Å². The first-order chi connectivity index (χ1) is 9.46. The number of hydrogen-bond donors (Lipinski definition) is 1. The number of aliphatic hydroxyl groups excluding tert-OH is 1. The summed E-state index contributed by atoms with van der Waals surface area (Å²) in [5, 5.41) is 8.71. The van der Waals surface area contributed by atoms with Crippen molar-refractivity contribution < 1.29 is 17.9 Å². The van der Waals surface area contributed by atoms with Crippen LogP contribution in [0.5, 0.6) is 0 Å². The first kappa shape index (κ1) is 15.0. The Morgan fingerprint density at radius 2 is 2.15 bits per heavy atom. The molecule has 1 fully saturated rings. The third kappa shape index (κ3) is 2.85. The molecule has 4 nitrogen and oxygen atoms in total. The fraction of sp³-hybridized carbons (Fsp3) is 0.429. The Bertz CT molecular complexity index is 657. The van der Waals surface area contributed by atoms with Crippen LogP contribution in [0.25, 0.3) is 0 Å². The number of rotatable bonds is 3. The molecular formula is C14H16FNO3S. The van der Waals surface area contributed by atoms with E-state index in [9.17, 15) is 12.8 Å². The number of benzene rings is 1. The summed E-state index contributed by atoms with van der Waals surface area (Å²) in [6, 6.07) is 3.40. The summed E-state index contributed by atoms with van der Waals surface area (Å²) in [5.74, 6) is 4.29. The van der Waals surface area contributed by atoms with Gasteiger partial charge in [-0.25, -0.2) is 12.8 Å². The number of aliphatic hydroxyl groups is 1. The fourth-order valence-electron chi connectivity index (χ4n) is 2.06. The Morgan fingerprint density at radius 1 is 1.45 bits per heavy atom. The number of halogens is 1. The summed E-state index contributed by atoms with van der Waals surface area (Å²) in [6.45, 7) is -0.408. The molecule has 0 spiro atoms. The molecule has 1 saturated carbocycles. The van der Waals surface area contributed by atoms with E-state index >= 15 is 0 Å². The second-order valence-corrected chi connectivity index (χ2v) is 6.67. The summed E-state index contributed by atoms with van der Waals surface area (Å²) in [5.41, 5.74) is 0.0743. The molecule has 0 amide bonds. The van der Waals surface area contributed by atoms with Crippen LogP contribution in [0.2, 0.25) is 0 Å². The number of nitrogens with zero attached hydrogens (tertiary/aromatic N) is 1. The van der Waals surface area contributed by atoms with Crippen molar-refractivity contribution in [2.45, 2.75) is 30.2 Å². The molecule has 0 bridgehead atoms. The van der Waals surface area contributed by atoms with Crippen LogP contribution in [0, 0.1) is 17.7 Å². The Morgan fingerprint density at radius 3 is 2.70 bits per heavy atom. The van der Waals surface area contributed by atoms with Crippen LogP contribution in [-0.2, 0) is 10.0 Å². The van der Waals surface area contributed by atoms with Gasteiger partial charge in [0.2, 0.25) is 10.0 Å². The van der Waals surface area contributed by atoms with E-state index in [1.54, 1.807) is 0 Å². The highest BCUT2D eigenvalue weighted by molar-refractivity contribution is 7.89. The van der Waals surface area contributed by atoms with Crippen molar-refractivity contribution in [2.75, 3.05) is 13.7 Å². The van der Waals surface area contributed by atoms with Gasteiger partial charge < -0.3 is 5.11 Å². The van der Waals surface area contributed by atoms with Gasteiger partial charge in [-0.2, -0.15) is 4.31 Å². The molecule has 2 rings (SSSR count). The molecule has 1 aromatic carbocycles. The van der Waals surface area contributed by atoms with Crippen LogP contribution in [0.1, 0.15) is 24.8 Å². The van der Waals surface area contributed by atoms with Crippen LogP contribution < -0.4 is 0 Å². The van der Waals surface area contributed by atoms with Gasteiger partial charge in [0, 0.05) is 18.7 Å². The molecule has 20 heavy (non-hydrogen) atoms. The highest BCUT2D eigenvalue weighted by Crippen LogP contribution is 2.29. The van der Waals surface area contributed by atoms with E-state index in [0.717, 1.165) is 31.4 Å². The predicted molar refractivity (Wildman–Crippen MR) is 73.0 cm³/mol. The smallest absolute Gasteiger partial charge is 0.244 e. The second kappa shape index (κ2) is 5.92. The van der Waals surface area contributed by atoms with Gasteiger partial charge in [-0.15, -0.1) is 0 Å². The Kier molecular flexibility index (Phi) is 4.43. The summed E-state index contributed by atoms with van der Waals surface area (Å²) in [6.07, 6.45) is 2.70. The Hall–Kier alpha value is -1.42. The molecule has 1 aromatic rings. The van der Waals surface area contributed by atoms with Crippen molar-refractivity contribution in [3.8, 4) is 11.8 Å². The van der Waals surface area contributed by atoms with E-state index in [0.29, 0.717) is 0 Å². The molecule has 0 aromatic heterocycles. The highest BCUT2D eigenvalue weighted by atomic mass is 32.2. The van der Waals surface area contributed by atoms with E-state index in [-0.39, 0.29) is 16.5 Å². The zero-order valence-corrected chi connectivity index (χ0v) is 12.0. The lowest BCUT2D eigenvalue weighted by molar-refractivity contribution is 0.249. The number of sulfonamides is 1. The van der Waals surface area contributed by atoms with Crippen molar-refractivity contribution in [3.63, 3.8) is 0 Å². The molecular weight excluding hydrogens is 281 g/mol. The molecule has 0 heterocycles. The van der Waals surface area contributed by atoms with Gasteiger partial charge in [0.25, 0.3) is 0 Å². The molecule has 0 saturated heterocycles. The lowest BCUT2D eigenvalue weighted by Gasteiger charge is -2.33. The molecule has 0 atom stereocenters.